The highest BCUT2D eigenvalue weighted by Crippen LogP contribution is 2.21. The fourth-order valence-corrected chi connectivity index (χ4v) is 2.01. The summed E-state index contributed by atoms with van der Waals surface area (Å²) in [6.07, 6.45) is 3.47. The van der Waals surface area contributed by atoms with Gasteiger partial charge in [-0.05, 0) is 50.8 Å². The van der Waals surface area contributed by atoms with E-state index in [-0.39, 0.29) is 5.91 Å². The smallest absolute Gasteiger partial charge is 0.253 e. The number of carbonyl (C=O) groups excluding carboxylic acids is 1. The number of hydrogen-bond acceptors (Lipinski definition) is 2. The number of amides is 1. The van der Waals surface area contributed by atoms with E-state index in [9.17, 15) is 4.79 Å². The van der Waals surface area contributed by atoms with E-state index in [1.54, 1.807) is 0 Å². The zero-order chi connectivity index (χ0) is 12.3. The predicted molar refractivity (Wildman–Crippen MR) is 70.4 cm³/mol. The molecule has 0 bridgehead atoms. The van der Waals surface area contributed by atoms with Crippen LogP contribution in [0.1, 0.15) is 42.1 Å². The van der Waals surface area contributed by atoms with Crippen LogP contribution < -0.4 is 10.6 Å². The topological polar surface area (TPSA) is 41.1 Å². The minimum absolute atomic E-state index is 0.0469. The Morgan fingerprint density at radius 2 is 2.18 bits per heavy atom. The van der Waals surface area contributed by atoms with Gasteiger partial charge in [0.2, 0.25) is 0 Å². The molecule has 0 radical (unpaired) electrons. The molecule has 1 fully saturated rings. The van der Waals surface area contributed by atoms with Gasteiger partial charge in [0, 0.05) is 18.3 Å². The molecule has 1 aromatic carbocycles. The molecular weight excluding hydrogens is 212 g/mol. The quantitative estimate of drug-likeness (QED) is 0.838. The first-order valence-electron chi connectivity index (χ1n) is 6.36. The largest absolute Gasteiger partial charge is 0.385 e. The van der Waals surface area contributed by atoms with Crippen LogP contribution in [-0.4, -0.2) is 18.5 Å². The first kappa shape index (κ1) is 12.0. The van der Waals surface area contributed by atoms with Crippen molar-refractivity contribution in [2.45, 2.75) is 39.2 Å². The van der Waals surface area contributed by atoms with Crippen LogP contribution in [0.15, 0.2) is 18.2 Å². The molecule has 0 spiro atoms. The van der Waals surface area contributed by atoms with Gasteiger partial charge in [0.15, 0.2) is 0 Å². The van der Waals surface area contributed by atoms with Gasteiger partial charge in [-0.15, -0.1) is 0 Å². The zero-order valence-electron chi connectivity index (χ0n) is 10.5. The molecule has 2 rings (SSSR count). The molecule has 2 N–H and O–H groups in total. The van der Waals surface area contributed by atoms with E-state index < -0.39 is 0 Å². The van der Waals surface area contributed by atoms with Crippen LogP contribution in [0.3, 0.4) is 0 Å². The van der Waals surface area contributed by atoms with E-state index in [0.29, 0.717) is 6.04 Å². The normalized spacial score (nSPS) is 15.2. The van der Waals surface area contributed by atoms with Crippen LogP contribution in [-0.2, 0) is 0 Å². The van der Waals surface area contributed by atoms with Crippen molar-refractivity contribution in [3.63, 3.8) is 0 Å². The average molecular weight is 232 g/mol. The lowest BCUT2D eigenvalue weighted by Gasteiger charge is -2.26. The summed E-state index contributed by atoms with van der Waals surface area (Å²) in [4.78, 5) is 12.1. The van der Waals surface area contributed by atoms with Crippen molar-refractivity contribution in [3.05, 3.63) is 29.3 Å². The molecule has 1 aromatic rings. The second-order valence-electron chi connectivity index (χ2n) is 4.68. The van der Waals surface area contributed by atoms with Gasteiger partial charge in [-0.2, -0.15) is 0 Å². The van der Waals surface area contributed by atoms with Crippen LogP contribution in [0.25, 0.3) is 0 Å². The molecule has 1 saturated carbocycles. The van der Waals surface area contributed by atoms with Crippen LogP contribution in [0.2, 0.25) is 0 Å². The average Bonchev–Trinajstić information content (AvgIpc) is 2.24. The lowest BCUT2D eigenvalue weighted by molar-refractivity contribution is 0.0918. The SMILES string of the molecule is CCNc1cc(C)ccc1C(=O)NC1CCC1. The molecule has 0 aromatic heterocycles. The predicted octanol–water partition coefficient (Wildman–Crippen LogP) is 2.71. The molecule has 1 amide bonds. The Bertz CT molecular complexity index is 411. The minimum Gasteiger partial charge on any atom is -0.385 e. The number of benzene rings is 1. The Balaban J connectivity index is 2.14. The molecule has 0 saturated heterocycles. The summed E-state index contributed by atoms with van der Waals surface area (Å²) in [5.41, 5.74) is 2.86. The summed E-state index contributed by atoms with van der Waals surface area (Å²) in [6.45, 7) is 4.90. The fourth-order valence-electron chi connectivity index (χ4n) is 2.01. The summed E-state index contributed by atoms with van der Waals surface area (Å²) in [6, 6.07) is 6.30. The number of anilines is 1. The molecule has 3 heteroatoms. The van der Waals surface area contributed by atoms with Crippen LogP contribution in [0, 0.1) is 6.92 Å². The van der Waals surface area contributed by atoms with E-state index in [1.165, 1.54) is 12.0 Å². The first-order valence-corrected chi connectivity index (χ1v) is 6.36. The van der Waals surface area contributed by atoms with Crippen molar-refractivity contribution in [2.24, 2.45) is 0 Å². The molecule has 0 unspecified atom stereocenters. The van der Waals surface area contributed by atoms with Gasteiger partial charge < -0.3 is 10.6 Å². The number of hydrogen-bond donors (Lipinski definition) is 2. The number of carbonyl (C=O) groups is 1. The molecule has 0 heterocycles. The van der Waals surface area contributed by atoms with Crippen LogP contribution >= 0.6 is 0 Å². The highest BCUT2D eigenvalue weighted by atomic mass is 16.1. The Hall–Kier alpha value is -1.51. The lowest BCUT2D eigenvalue weighted by atomic mass is 9.93. The molecule has 17 heavy (non-hydrogen) atoms. The highest BCUT2D eigenvalue weighted by molar-refractivity contribution is 5.99. The molecule has 0 aliphatic heterocycles. The maximum absolute atomic E-state index is 12.1. The number of nitrogens with one attached hydrogen (secondary N) is 2. The standard InChI is InChI=1S/C14H20N2O/c1-3-15-13-9-10(2)7-8-12(13)14(17)16-11-5-4-6-11/h7-9,11,15H,3-6H2,1-2H3,(H,16,17). The number of rotatable bonds is 4. The molecule has 1 aliphatic rings. The Morgan fingerprint density at radius 3 is 2.76 bits per heavy atom. The van der Waals surface area contributed by atoms with Crippen molar-refractivity contribution in [2.75, 3.05) is 11.9 Å². The van der Waals surface area contributed by atoms with Gasteiger partial charge in [0.1, 0.15) is 0 Å². The Labute approximate surface area is 103 Å². The van der Waals surface area contributed by atoms with Gasteiger partial charge in [0.05, 0.1) is 5.56 Å². The third-order valence-electron chi connectivity index (χ3n) is 3.23. The van der Waals surface area contributed by atoms with E-state index in [4.69, 9.17) is 0 Å². The van der Waals surface area contributed by atoms with E-state index in [2.05, 4.69) is 10.6 Å². The van der Waals surface area contributed by atoms with Crippen molar-refractivity contribution in [1.29, 1.82) is 0 Å². The second kappa shape index (κ2) is 5.21. The summed E-state index contributed by atoms with van der Waals surface area (Å²) in [7, 11) is 0. The van der Waals surface area contributed by atoms with Crippen molar-refractivity contribution < 1.29 is 4.79 Å². The van der Waals surface area contributed by atoms with Gasteiger partial charge >= 0.3 is 0 Å². The monoisotopic (exact) mass is 232 g/mol. The van der Waals surface area contributed by atoms with Gasteiger partial charge in [-0.25, -0.2) is 0 Å². The molecular formula is C14H20N2O. The van der Waals surface area contributed by atoms with Gasteiger partial charge in [-0.1, -0.05) is 6.07 Å². The van der Waals surface area contributed by atoms with E-state index >= 15 is 0 Å². The summed E-state index contributed by atoms with van der Waals surface area (Å²) < 4.78 is 0. The lowest BCUT2D eigenvalue weighted by Crippen LogP contribution is -2.39. The molecule has 1 aliphatic carbocycles. The number of aryl methyl sites for hydroxylation is 1. The molecule has 0 atom stereocenters. The van der Waals surface area contributed by atoms with E-state index in [1.807, 2.05) is 32.0 Å². The zero-order valence-corrected chi connectivity index (χ0v) is 10.5. The third-order valence-corrected chi connectivity index (χ3v) is 3.23. The van der Waals surface area contributed by atoms with Gasteiger partial charge in [0.25, 0.3) is 5.91 Å². The Morgan fingerprint density at radius 1 is 1.41 bits per heavy atom. The van der Waals surface area contributed by atoms with Gasteiger partial charge in [-0.3, -0.25) is 4.79 Å². The van der Waals surface area contributed by atoms with Crippen molar-refractivity contribution in [1.82, 2.24) is 5.32 Å². The molecule has 3 nitrogen and oxygen atoms in total. The maximum Gasteiger partial charge on any atom is 0.253 e. The summed E-state index contributed by atoms with van der Waals surface area (Å²) in [5.74, 6) is 0.0469. The van der Waals surface area contributed by atoms with Crippen LogP contribution in [0.5, 0.6) is 0 Å². The Kier molecular flexibility index (Phi) is 3.67. The van der Waals surface area contributed by atoms with Crippen molar-refractivity contribution >= 4 is 11.6 Å². The second-order valence-corrected chi connectivity index (χ2v) is 4.68. The first-order chi connectivity index (χ1) is 8.20. The maximum atomic E-state index is 12.1. The van der Waals surface area contributed by atoms with Crippen LogP contribution in [0.4, 0.5) is 5.69 Å². The van der Waals surface area contributed by atoms with E-state index in [0.717, 1.165) is 30.6 Å². The third kappa shape index (κ3) is 2.78. The van der Waals surface area contributed by atoms with Crippen molar-refractivity contribution in [3.8, 4) is 0 Å². The molecule has 92 valence electrons. The fraction of sp³-hybridized carbons (Fsp3) is 0.500. The summed E-state index contributed by atoms with van der Waals surface area (Å²) in [5, 5.41) is 6.32. The highest BCUT2D eigenvalue weighted by Gasteiger charge is 2.21. The minimum atomic E-state index is 0.0469. The summed E-state index contributed by atoms with van der Waals surface area (Å²) >= 11 is 0.